The maximum atomic E-state index is 14.6. The number of sulfone groups is 1. The number of rotatable bonds is 8. The molecule has 1 amide bonds. The van der Waals surface area contributed by atoms with E-state index in [1.807, 2.05) is 13.0 Å². The highest BCUT2D eigenvalue weighted by molar-refractivity contribution is 7.92. The molecule has 0 aliphatic carbocycles. The van der Waals surface area contributed by atoms with E-state index in [1.54, 1.807) is 35.1 Å². The number of hydrogen-bond acceptors (Lipinski definition) is 8. The molecular formula is C31H26F4N6O5S. The average Bonchev–Trinajstić information content (AvgIpc) is 3.70. The van der Waals surface area contributed by atoms with E-state index in [0.29, 0.717) is 22.1 Å². The second kappa shape index (κ2) is 11.7. The Morgan fingerprint density at radius 2 is 1.79 bits per heavy atom. The van der Waals surface area contributed by atoms with Crippen molar-refractivity contribution in [2.45, 2.75) is 55.9 Å². The van der Waals surface area contributed by atoms with Crippen LogP contribution < -0.4 is 0 Å². The summed E-state index contributed by atoms with van der Waals surface area (Å²) in [6, 6.07) is 9.64. The molecule has 6 rings (SSSR count). The van der Waals surface area contributed by atoms with E-state index in [1.165, 1.54) is 17.7 Å². The summed E-state index contributed by atoms with van der Waals surface area (Å²) in [6.45, 7) is 2.35. The number of benzene rings is 2. The van der Waals surface area contributed by atoms with E-state index in [0.717, 1.165) is 34.4 Å². The van der Waals surface area contributed by atoms with Crippen molar-refractivity contribution >= 4 is 43.9 Å². The molecule has 0 saturated carbocycles. The van der Waals surface area contributed by atoms with E-state index in [9.17, 15) is 40.4 Å². The van der Waals surface area contributed by atoms with E-state index >= 15 is 0 Å². The Kier molecular flexibility index (Phi) is 7.94. The Balaban J connectivity index is 1.25. The standard InChI is InChI=1S/C31H26F4N6O5S/c1-17-8-28-36-13-21(14-41(28)37-17)20-6-7-25-24(11-20)30(18(2)42)38-40(25)16-29(44)39-15-22(32)12-26(39)27(43)10-19-4-3-5-23(9-19)47(45,46)31(33,34)35/h3-9,11,13-14,22,26H,10,12,15-16H2,1-2H3/t22-,26+/m1/s1. The van der Waals surface area contributed by atoms with E-state index in [4.69, 9.17) is 0 Å². The highest BCUT2D eigenvalue weighted by atomic mass is 32.2. The second-order valence-electron chi connectivity index (χ2n) is 11.4. The number of alkyl halides is 4. The molecule has 4 heterocycles. The summed E-state index contributed by atoms with van der Waals surface area (Å²) in [5.41, 5.74) is -2.13. The predicted octanol–water partition coefficient (Wildman–Crippen LogP) is 4.30. The van der Waals surface area contributed by atoms with Crippen molar-refractivity contribution in [3.63, 3.8) is 0 Å². The van der Waals surface area contributed by atoms with Gasteiger partial charge < -0.3 is 4.90 Å². The van der Waals surface area contributed by atoms with Crippen molar-refractivity contribution in [2.24, 2.45) is 0 Å². The van der Waals surface area contributed by atoms with Gasteiger partial charge in [-0.05, 0) is 42.3 Å². The third-order valence-electron chi connectivity index (χ3n) is 7.97. The number of carbonyl (C=O) groups is 3. The van der Waals surface area contributed by atoms with Crippen LogP contribution in [0.4, 0.5) is 17.6 Å². The number of fused-ring (bicyclic) bond motifs is 2. The molecule has 0 unspecified atom stereocenters. The van der Waals surface area contributed by atoms with Gasteiger partial charge in [-0.3, -0.25) is 19.1 Å². The van der Waals surface area contributed by atoms with Gasteiger partial charge in [-0.15, -0.1) is 0 Å². The Labute approximate surface area is 264 Å². The number of likely N-dealkylation sites (tertiary alicyclic amines) is 1. The molecule has 0 bridgehead atoms. The highest BCUT2D eigenvalue weighted by Crippen LogP contribution is 2.32. The monoisotopic (exact) mass is 670 g/mol. The first-order valence-corrected chi connectivity index (χ1v) is 15.8. The molecule has 11 nitrogen and oxygen atoms in total. The predicted molar refractivity (Wildman–Crippen MR) is 160 cm³/mol. The number of halogens is 4. The van der Waals surface area contributed by atoms with Crippen LogP contribution in [-0.2, 0) is 32.4 Å². The van der Waals surface area contributed by atoms with Gasteiger partial charge in [-0.1, -0.05) is 18.2 Å². The molecule has 5 aromatic rings. The lowest BCUT2D eigenvalue weighted by atomic mass is 10.0. The molecule has 0 N–H and O–H groups in total. The fraction of sp³-hybridized carbons (Fsp3) is 0.290. The molecule has 1 saturated heterocycles. The zero-order valence-corrected chi connectivity index (χ0v) is 25.7. The minimum Gasteiger partial charge on any atom is -0.328 e. The third kappa shape index (κ3) is 6.00. The number of nitrogens with zero attached hydrogens (tertiary/aromatic N) is 6. The van der Waals surface area contributed by atoms with E-state index in [-0.39, 0.29) is 23.5 Å². The molecule has 3 aromatic heterocycles. The number of aromatic nitrogens is 5. The first-order valence-electron chi connectivity index (χ1n) is 14.3. The van der Waals surface area contributed by atoms with Crippen LogP contribution in [0.5, 0.6) is 0 Å². The SMILES string of the molecule is CC(=O)c1nn(CC(=O)N2C[C@H](F)C[C@H]2C(=O)Cc2cccc(S(=O)(=O)C(F)(F)F)c2)c2ccc(-c3cnc4cc(C)nn4c3)cc12. The number of Topliss-reactive ketones (excluding diaryl/α,β-unsaturated/α-hetero) is 2. The van der Waals surface area contributed by atoms with Crippen LogP contribution in [0.15, 0.2) is 65.8 Å². The normalized spacial score (nSPS) is 17.1. The Bertz CT molecular complexity index is 2190. The molecule has 2 atom stereocenters. The lowest BCUT2D eigenvalue weighted by Gasteiger charge is -2.23. The fourth-order valence-corrected chi connectivity index (χ4v) is 6.57. The molecule has 1 aliphatic heterocycles. The first-order chi connectivity index (χ1) is 22.1. The van der Waals surface area contributed by atoms with Crippen LogP contribution >= 0.6 is 0 Å². The van der Waals surface area contributed by atoms with Crippen molar-refractivity contribution in [1.29, 1.82) is 0 Å². The van der Waals surface area contributed by atoms with Gasteiger partial charge in [0, 0.05) is 49.2 Å². The zero-order valence-electron chi connectivity index (χ0n) is 24.9. The van der Waals surface area contributed by atoms with Crippen LogP contribution in [0.25, 0.3) is 27.7 Å². The molecule has 1 fully saturated rings. The van der Waals surface area contributed by atoms with Gasteiger partial charge in [-0.25, -0.2) is 22.3 Å². The summed E-state index contributed by atoms with van der Waals surface area (Å²) < 4.78 is 80.3. The fourth-order valence-electron chi connectivity index (χ4n) is 5.74. The molecule has 47 heavy (non-hydrogen) atoms. The van der Waals surface area contributed by atoms with Gasteiger partial charge in [0.1, 0.15) is 18.4 Å². The minimum atomic E-state index is -5.65. The lowest BCUT2D eigenvalue weighted by Crippen LogP contribution is -2.43. The first kappa shape index (κ1) is 32.0. The molecule has 244 valence electrons. The van der Waals surface area contributed by atoms with Crippen molar-refractivity contribution < 1.29 is 40.4 Å². The molecule has 16 heteroatoms. The van der Waals surface area contributed by atoms with Gasteiger partial charge in [0.15, 0.2) is 17.2 Å². The summed E-state index contributed by atoms with van der Waals surface area (Å²) in [6.07, 6.45) is 1.06. The van der Waals surface area contributed by atoms with Crippen LogP contribution in [0.3, 0.4) is 0 Å². The van der Waals surface area contributed by atoms with Crippen molar-refractivity contribution in [3.05, 3.63) is 77.9 Å². The second-order valence-corrected chi connectivity index (χ2v) is 13.3. The molecule has 0 radical (unpaired) electrons. The Hall–Kier alpha value is -4.99. The molecular weight excluding hydrogens is 644 g/mol. The minimum absolute atomic E-state index is 0.0351. The van der Waals surface area contributed by atoms with Gasteiger partial charge >= 0.3 is 5.51 Å². The topological polar surface area (TPSA) is 137 Å². The quantitative estimate of drug-likeness (QED) is 0.176. The maximum Gasteiger partial charge on any atom is 0.501 e. The van der Waals surface area contributed by atoms with Crippen molar-refractivity contribution in [1.82, 2.24) is 29.3 Å². The maximum absolute atomic E-state index is 14.6. The summed E-state index contributed by atoms with van der Waals surface area (Å²) in [5, 5.41) is 9.20. The zero-order chi connectivity index (χ0) is 33.8. The summed E-state index contributed by atoms with van der Waals surface area (Å²) in [7, 11) is -5.65. The van der Waals surface area contributed by atoms with Crippen LogP contribution in [0.1, 0.15) is 35.1 Å². The van der Waals surface area contributed by atoms with Crippen molar-refractivity contribution in [2.75, 3.05) is 6.54 Å². The number of hydrogen-bond donors (Lipinski definition) is 0. The van der Waals surface area contributed by atoms with Gasteiger partial charge in [0.2, 0.25) is 5.91 Å². The number of ketones is 2. The van der Waals surface area contributed by atoms with E-state index in [2.05, 4.69) is 15.2 Å². The van der Waals surface area contributed by atoms with Crippen LogP contribution in [0.2, 0.25) is 0 Å². The van der Waals surface area contributed by atoms with Gasteiger partial charge in [0.05, 0.1) is 28.7 Å². The van der Waals surface area contributed by atoms with Gasteiger partial charge in [0.25, 0.3) is 9.84 Å². The van der Waals surface area contributed by atoms with Crippen LogP contribution in [0, 0.1) is 6.92 Å². The van der Waals surface area contributed by atoms with Crippen LogP contribution in [-0.4, -0.2) is 79.4 Å². The molecule has 0 spiro atoms. The largest absolute Gasteiger partial charge is 0.501 e. The smallest absolute Gasteiger partial charge is 0.328 e. The lowest BCUT2D eigenvalue weighted by molar-refractivity contribution is -0.138. The Morgan fingerprint density at radius 3 is 2.51 bits per heavy atom. The van der Waals surface area contributed by atoms with Crippen molar-refractivity contribution in [3.8, 4) is 11.1 Å². The third-order valence-corrected chi connectivity index (χ3v) is 9.46. The molecule has 1 aliphatic rings. The van der Waals surface area contributed by atoms with E-state index < -0.39 is 63.7 Å². The summed E-state index contributed by atoms with van der Waals surface area (Å²) in [4.78, 5) is 43.7. The number of aryl methyl sites for hydroxylation is 1. The highest BCUT2D eigenvalue weighted by Gasteiger charge is 2.47. The summed E-state index contributed by atoms with van der Waals surface area (Å²) >= 11 is 0. The number of amides is 1. The average molecular weight is 671 g/mol. The van der Waals surface area contributed by atoms with Gasteiger partial charge in [-0.2, -0.15) is 23.4 Å². The number of carbonyl (C=O) groups excluding carboxylic acids is 3. The molecule has 2 aromatic carbocycles. The Morgan fingerprint density at radius 1 is 1.02 bits per heavy atom. The summed E-state index contributed by atoms with van der Waals surface area (Å²) in [5.74, 6) is -1.69.